The Morgan fingerprint density at radius 3 is 2.83 bits per heavy atom. The van der Waals surface area contributed by atoms with E-state index in [-0.39, 0.29) is 36.4 Å². The first-order valence-corrected chi connectivity index (χ1v) is 9.10. The van der Waals surface area contributed by atoms with Crippen molar-refractivity contribution >= 4 is 21.6 Å². The molecule has 1 N–H and O–H groups in total. The molecule has 1 aromatic carbocycles. The van der Waals surface area contributed by atoms with Crippen LogP contribution in [0.15, 0.2) is 48.0 Å². The van der Waals surface area contributed by atoms with Gasteiger partial charge in [-0.3, -0.25) is 4.79 Å². The van der Waals surface area contributed by atoms with Crippen LogP contribution in [0.2, 0.25) is 0 Å². The monoisotopic (exact) mass is 349 g/mol. The maximum Gasteiger partial charge on any atom is 0.226 e. The number of nitrogens with one attached hydrogen (secondary N) is 1. The van der Waals surface area contributed by atoms with E-state index >= 15 is 0 Å². The fourth-order valence-corrected chi connectivity index (χ4v) is 3.95. The zero-order valence-corrected chi connectivity index (χ0v) is 13.5. The summed E-state index contributed by atoms with van der Waals surface area (Å²) in [4.78, 5) is 12.1. The summed E-state index contributed by atoms with van der Waals surface area (Å²) in [6.07, 6.45) is 3.11. The molecule has 24 heavy (non-hydrogen) atoms. The van der Waals surface area contributed by atoms with Crippen molar-refractivity contribution in [3.63, 3.8) is 0 Å². The third-order valence-corrected chi connectivity index (χ3v) is 5.18. The molecule has 0 spiro atoms. The second kappa shape index (κ2) is 6.56. The van der Waals surface area contributed by atoms with Gasteiger partial charge in [-0.05, 0) is 6.07 Å². The van der Waals surface area contributed by atoms with Crippen LogP contribution in [-0.4, -0.2) is 29.9 Å². The van der Waals surface area contributed by atoms with Crippen molar-refractivity contribution in [1.29, 1.82) is 0 Å². The van der Waals surface area contributed by atoms with Gasteiger partial charge in [0.2, 0.25) is 5.91 Å². The van der Waals surface area contributed by atoms with E-state index < -0.39 is 9.84 Å². The molecule has 1 aliphatic heterocycles. The van der Waals surface area contributed by atoms with Crippen molar-refractivity contribution in [3.8, 4) is 0 Å². The quantitative estimate of drug-likeness (QED) is 0.895. The summed E-state index contributed by atoms with van der Waals surface area (Å²) in [6.45, 7) is 0.187. The highest BCUT2D eigenvalue weighted by atomic mass is 32.2. The van der Waals surface area contributed by atoms with Crippen LogP contribution in [-0.2, 0) is 21.2 Å². The number of hydrogen-bond donors (Lipinski definition) is 1. The maximum atomic E-state index is 13.7. The van der Waals surface area contributed by atoms with E-state index in [1.807, 2.05) is 0 Å². The van der Waals surface area contributed by atoms with Crippen molar-refractivity contribution in [1.82, 2.24) is 9.78 Å². The second-order valence-electron chi connectivity index (χ2n) is 5.64. The highest BCUT2D eigenvalue weighted by Gasteiger charge is 2.24. The fraction of sp³-hybridized carbons (Fsp3) is 0.250. The van der Waals surface area contributed by atoms with Crippen LogP contribution in [0.5, 0.6) is 0 Å². The minimum Gasteiger partial charge on any atom is -0.311 e. The van der Waals surface area contributed by atoms with E-state index in [0.717, 1.165) is 5.41 Å². The summed E-state index contributed by atoms with van der Waals surface area (Å²) in [7, 11) is -3.18. The Morgan fingerprint density at radius 1 is 1.33 bits per heavy atom. The zero-order chi connectivity index (χ0) is 17.2. The lowest BCUT2D eigenvalue weighted by Crippen LogP contribution is -2.20. The molecule has 0 aliphatic carbocycles. The SMILES string of the molecule is O=C(CC1C=CS(=O)(=O)C1)Nc1ccnn1Cc1ccccc1F. The number of rotatable bonds is 5. The van der Waals surface area contributed by atoms with Crippen LogP contribution < -0.4 is 5.32 Å². The van der Waals surface area contributed by atoms with E-state index in [1.165, 1.54) is 23.0 Å². The molecule has 1 aromatic heterocycles. The molecule has 1 amide bonds. The minimum absolute atomic E-state index is 0.0467. The van der Waals surface area contributed by atoms with E-state index in [4.69, 9.17) is 0 Å². The number of hydrogen-bond acceptors (Lipinski definition) is 4. The van der Waals surface area contributed by atoms with E-state index in [9.17, 15) is 17.6 Å². The molecular formula is C16H16FN3O3S. The lowest BCUT2D eigenvalue weighted by molar-refractivity contribution is -0.116. The van der Waals surface area contributed by atoms with Crippen molar-refractivity contribution in [2.45, 2.75) is 13.0 Å². The van der Waals surface area contributed by atoms with Gasteiger partial charge in [0.05, 0.1) is 18.5 Å². The summed E-state index contributed by atoms with van der Waals surface area (Å²) in [6, 6.07) is 7.96. The average Bonchev–Trinajstić information content (AvgIpc) is 3.08. The lowest BCUT2D eigenvalue weighted by Gasteiger charge is -2.11. The predicted molar refractivity (Wildman–Crippen MR) is 87.4 cm³/mol. The van der Waals surface area contributed by atoms with Gasteiger partial charge in [0.25, 0.3) is 0 Å². The van der Waals surface area contributed by atoms with Gasteiger partial charge in [0.15, 0.2) is 9.84 Å². The van der Waals surface area contributed by atoms with Crippen molar-refractivity contribution < 1.29 is 17.6 Å². The average molecular weight is 349 g/mol. The topological polar surface area (TPSA) is 81.1 Å². The van der Waals surface area contributed by atoms with Crippen LogP contribution in [0.25, 0.3) is 0 Å². The van der Waals surface area contributed by atoms with Gasteiger partial charge >= 0.3 is 0 Å². The zero-order valence-electron chi connectivity index (χ0n) is 12.7. The fourth-order valence-electron chi connectivity index (χ4n) is 2.55. The first kappa shape index (κ1) is 16.4. The summed E-state index contributed by atoms with van der Waals surface area (Å²) >= 11 is 0. The lowest BCUT2D eigenvalue weighted by atomic mass is 10.1. The number of carbonyl (C=O) groups is 1. The number of sulfone groups is 1. The maximum absolute atomic E-state index is 13.7. The Hall–Kier alpha value is -2.48. The number of aromatic nitrogens is 2. The largest absolute Gasteiger partial charge is 0.311 e. The molecule has 0 fully saturated rings. The molecule has 3 rings (SSSR count). The third-order valence-electron chi connectivity index (χ3n) is 3.71. The number of benzene rings is 1. The standard InChI is InChI=1S/C16H16FN3O3S/c17-14-4-2-1-3-13(14)10-20-15(5-7-18-20)19-16(21)9-12-6-8-24(22,23)11-12/h1-8,12H,9-11H2,(H,19,21). The van der Waals surface area contributed by atoms with Gasteiger partial charge in [-0.15, -0.1) is 0 Å². The summed E-state index contributed by atoms with van der Waals surface area (Å²) in [5, 5.41) is 7.93. The summed E-state index contributed by atoms with van der Waals surface area (Å²) in [5.41, 5.74) is 0.460. The molecule has 8 heteroatoms. The number of allylic oxidation sites excluding steroid dienone is 1. The Bertz CT molecular complexity index is 889. The molecule has 1 unspecified atom stereocenters. The Kier molecular flexibility index (Phi) is 4.48. The molecule has 1 atom stereocenters. The van der Waals surface area contributed by atoms with Gasteiger partial charge in [-0.1, -0.05) is 24.3 Å². The molecule has 2 heterocycles. The highest BCUT2D eigenvalue weighted by Crippen LogP contribution is 2.19. The van der Waals surface area contributed by atoms with Crippen LogP contribution in [0, 0.1) is 11.7 Å². The second-order valence-corrected chi connectivity index (χ2v) is 7.57. The van der Waals surface area contributed by atoms with Gasteiger partial charge in [0, 0.05) is 29.4 Å². The van der Waals surface area contributed by atoms with E-state index in [2.05, 4.69) is 10.4 Å². The Balaban J connectivity index is 1.64. The highest BCUT2D eigenvalue weighted by molar-refractivity contribution is 7.94. The molecule has 0 bridgehead atoms. The molecule has 1 aliphatic rings. The normalized spacial score (nSPS) is 18.6. The summed E-state index contributed by atoms with van der Waals surface area (Å²) < 4.78 is 37.9. The Morgan fingerprint density at radius 2 is 2.12 bits per heavy atom. The molecule has 6 nitrogen and oxygen atoms in total. The van der Waals surface area contributed by atoms with Crippen LogP contribution >= 0.6 is 0 Å². The van der Waals surface area contributed by atoms with E-state index in [1.54, 1.807) is 24.3 Å². The third kappa shape index (κ3) is 3.88. The van der Waals surface area contributed by atoms with Crippen LogP contribution in [0.3, 0.4) is 0 Å². The van der Waals surface area contributed by atoms with Crippen molar-refractivity contribution in [2.75, 3.05) is 11.1 Å². The van der Waals surface area contributed by atoms with E-state index in [0.29, 0.717) is 11.4 Å². The number of amides is 1. The number of nitrogens with zero attached hydrogens (tertiary/aromatic N) is 2. The molecule has 0 saturated heterocycles. The van der Waals surface area contributed by atoms with Crippen LogP contribution in [0.4, 0.5) is 10.2 Å². The van der Waals surface area contributed by atoms with Gasteiger partial charge < -0.3 is 5.32 Å². The molecule has 2 aromatic rings. The van der Waals surface area contributed by atoms with Crippen molar-refractivity contribution in [3.05, 3.63) is 59.4 Å². The van der Waals surface area contributed by atoms with Gasteiger partial charge in [-0.25, -0.2) is 17.5 Å². The predicted octanol–water partition coefficient (Wildman–Crippen LogP) is 1.96. The number of anilines is 1. The summed E-state index contributed by atoms with van der Waals surface area (Å²) in [5.74, 6) is -0.579. The minimum atomic E-state index is -3.18. The first-order chi connectivity index (χ1) is 11.4. The van der Waals surface area contributed by atoms with Crippen molar-refractivity contribution in [2.24, 2.45) is 5.92 Å². The van der Waals surface area contributed by atoms with Gasteiger partial charge in [0.1, 0.15) is 11.6 Å². The Labute approximate surface area is 138 Å². The van der Waals surface area contributed by atoms with Crippen LogP contribution in [0.1, 0.15) is 12.0 Å². The molecule has 0 radical (unpaired) electrons. The first-order valence-electron chi connectivity index (χ1n) is 7.39. The molecule has 126 valence electrons. The number of halogens is 1. The smallest absolute Gasteiger partial charge is 0.226 e. The molecule has 0 saturated carbocycles. The molecular weight excluding hydrogens is 333 g/mol. The van der Waals surface area contributed by atoms with Gasteiger partial charge in [-0.2, -0.15) is 5.10 Å². The number of carbonyl (C=O) groups excluding carboxylic acids is 1.